The average molecular weight is 511 g/mol. The molecular formula is C32H40F2O3. The molecule has 1 aliphatic rings. The van der Waals surface area contributed by atoms with Crippen molar-refractivity contribution in [2.75, 3.05) is 13.7 Å². The second-order valence-corrected chi connectivity index (χ2v) is 10.6. The number of Topliss-reactive ketones (excluding diaryl/α,β-unsaturated/α-hetero) is 1. The lowest BCUT2D eigenvalue weighted by Gasteiger charge is -2.34. The first-order chi connectivity index (χ1) is 17.6. The lowest BCUT2D eigenvalue weighted by Crippen LogP contribution is -2.41. The Kier molecular flexibility index (Phi) is 10.0. The molecule has 1 saturated carbocycles. The molecule has 1 aliphatic carbocycles. The fraction of sp³-hybridized carbons (Fsp3) is 0.500. The topological polar surface area (TPSA) is 46.5 Å². The molecule has 2 atom stereocenters. The molecule has 37 heavy (non-hydrogen) atoms. The Hall–Kier alpha value is -2.59. The largest absolute Gasteiger partial charge is 0.385 e. The maximum atomic E-state index is 14.3. The molecule has 2 aromatic carbocycles. The Morgan fingerprint density at radius 3 is 2.30 bits per heavy atom. The van der Waals surface area contributed by atoms with Crippen molar-refractivity contribution >= 4 is 5.78 Å². The summed E-state index contributed by atoms with van der Waals surface area (Å²) in [5.74, 6) is -1.96. The van der Waals surface area contributed by atoms with E-state index in [1.54, 1.807) is 7.11 Å². The van der Waals surface area contributed by atoms with Crippen LogP contribution >= 0.6 is 0 Å². The van der Waals surface area contributed by atoms with Crippen molar-refractivity contribution in [1.82, 2.24) is 0 Å². The van der Waals surface area contributed by atoms with Gasteiger partial charge in [0.05, 0.1) is 0 Å². The van der Waals surface area contributed by atoms with Crippen molar-refractivity contribution < 1.29 is 23.4 Å². The molecule has 0 aliphatic heterocycles. The Balaban J connectivity index is 1.60. The van der Waals surface area contributed by atoms with E-state index >= 15 is 0 Å². The number of benzene rings is 2. The summed E-state index contributed by atoms with van der Waals surface area (Å²) in [6, 6.07) is 14.7. The van der Waals surface area contributed by atoms with Gasteiger partial charge in [-0.25, -0.2) is 0 Å². The monoisotopic (exact) mass is 510 g/mol. The predicted molar refractivity (Wildman–Crippen MR) is 144 cm³/mol. The minimum atomic E-state index is -3.53. The second kappa shape index (κ2) is 12.8. The van der Waals surface area contributed by atoms with E-state index in [9.17, 15) is 18.7 Å². The zero-order valence-corrected chi connectivity index (χ0v) is 22.3. The van der Waals surface area contributed by atoms with Crippen molar-refractivity contribution in [3.8, 4) is 0 Å². The molecule has 1 fully saturated rings. The number of aliphatic hydroxyl groups is 1. The minimum Gasteiger partial charge on any atom is -0.385 e. The van der Waals surface area contributed by atoms with E-state index in [4.69, 9.17) is 4.74 Å². The minimum absolute atomic E-state index is 0.0142. The van der Waals surface area contributed by atoms with E-state index in [0.29, 0.717) is 42.4 Å². The van der Waals surface area contributed by atoms with E-state index in [-0.39, 0.29) is 11.3 Å². The van der Waals surface area contributed by atoms with Crippen LogP contribution in [0.3, 0.4) is 0 Å². The van der Waals surface area contributed by atoms with Crippen molar-refractivity contribution in [3.05, 3.63) is 89.2 Å². The summed E-state index contributed by atoms with van der Waals surface area (Å²) in [6.07, 6.45) is 7.20. The Bertz CT molecular complexity index is 1060. The molecule has 1 N–H and O–H groups in total. The number of carbonyl (C=O) groups excluding carboxylic acids is 1. The van der Waals surface area contributed by atoms with Crippen molar-refractivity contribution in [2.45, 2.75) is 76.2 Å². The van der Waals surface area contributed by atoms with Crippen LogP contribution in [0.25, 0.3) is 0 Å². The van der Waals surface area contributed by atoms with Crippen LogP contribution in [0.4, 0.5) is 8.78 Å². The molecule has 0 aromatic heterocycles. The van der Waals surface area contributed by atoms with Crippen molar-refractivity contribution in [1.29, 1.82) is 0 Å². The lowest BCUT2D eigenvalue weighted by atomic mass is 9.71. The van der Waals surface area contributed by atoms with Crippen LogP contribution in [0.1, 0.15) is 84.8 Å². The number of alkyl halides is 2. The maximum absolute atomic E-state index is 14.3. The molecule has 1 unspecified atom stereocenters. The zero-order valence-electron chi connectivity index (χ0n) is 22.3. The van der Waals surface area contributed by atoms with Gasteiger partial charge in [-0.2, -0.15) is 8.78 Å². The zero-order chi connectivity index (χ0) is 27.1. The summed E-state index contributed by atoms with van der Waals surface area (Å²) in [5, 5.41) is 10.4. The van der Waals surface area contributed by atoms with Crippen LogP contribution in [0, 0.1) is 18.8 Å². The van der Waals surface area contributed by atoms with Crippen molar-refractivity contribution in [2.24, 2.45) is 11.8 Å². The molecule has 0 radical (unpaired) electrons. The Morgan fingerprint density at radius 1 is 1.11 bits per heavy atom. The quantitative estimate of drug-likeness (QED) is 0.234. The summed E-state index contributed by atoms with van der Waals surface area (Å²) in [6.45, 7) is 7.01. The number of ether oxygens (including phenoxy) is 1. The third kappa shape index (κ3) is 7.25. The number of halogens is 2. The van der Waals surface area contributed by atoms with Gasteiger partial charge in [-0.05, 0) is 81.3 Å². The van der Waals surface area contributed by atoms with E-state index in [1.165, 1.54) is 35.4 Å². The normalized spacial score (nSPS) is 20.5. The Morgan fingerprint density at radius 2 is 1.73 bits per heavy atom. The summed E-state index contributed by atoms with van der Waals surface area (Å²) in [5.41, 5.74) is 2.82. The van der Waals surface area contributed by atoms with E-state index < -0.39 is 11.5 Å². The average Bonchev–Trinajstić information content (AvgIpc) is 2.89. The van der Waals surface area contributed by atoms with Gasteiger partial charge in [0, 0.05) is 31.8 Å². The number of carbonyl (C=O) groups is 1. The SMILES string of the molecule is C=C=CC(F)(F)[C@@](C)(O)c1ccc(C(=O)CCC(CCOC)C2CCC(c3ccc(C)cc3)CC2)cc1. The van der Waals surface area contributed by atoms with Gasteiger partial charge >= 0.3 is 5.92 Å². The van der Waals surface area contributed by atoms with Crippen LogP contribution in [0.5, 0.6) is 0 Å². The highest BCUT2D eigenvalue weighted by Crippen LogP contribution is 2.41. The lowest BCUT2D eigenvalue weighted by molar-refractivity contribution is -0.144. The van der Waals surface area contributed by atoms with Gasteiger partial charge in [-0.3, -0.25) is 4.79 Å². The highest BCUT2D eigenvalue weighted by molar-refractivity contribution is 5.96. The molecule has 200 valence electrons. The maximum Gasteiger partial charge on any atom is 0.305 e. The Labute approximate surface area is 220 Å². The van der Waals surface area contributed by atoms with Gasteiger partial charge in [0.2, 0.25) is 0 Å². The molecule has 3 nitrogen and oxygen atoms in total. The molecule has 0 spiro atoms. The summed E-state index contributed by atoms with van der Waals surface area (Å²) in [7, 11) is 1.71. The molecule has 3 rings (SSSR count). The van der Waals surface area contributed by atoms with Gasteiger partial charge < -0.3 is 9.84 Å². The number of aryl methyl sites for hydroxylation is 1. The van der Waals surface area contributed by atoms with Gasteiger partial charge in [0.1, 0.15) is 0 Å². The smallest absolute Gasteiger partial charge is 0.305 e. The summed E-state index contributed by atoms with van der Waals surface area (Å²) in [4.78, 5) is 13.0. The first-order valence-corrected chi connectivity index (χ1v) is 13.3. The van der Waals surface area contributed by atoms with Crippen LogP contribution in [0.15, 0.2) is 66.9 Å². The highest BCUT2D eigenvalue weighted by Gasteiger charge is 2.48. The number of ketones is 1. The molecular weight excluding hydrogens is 470 g/mol. The second-order valence-electron chi connectivity index (χ2n) is 10.6. The third-order valence-electron chi connectivity index (χ3n) is 8.12. The molecule has 0 amide bonds. The molecule has 0 saturated heterocycles. The third-order valence-corrected chi connectivity index (χ3v) is 8.12. The van der Waals surface area contributed by atoms with Crippen LogP contribution in [-0.2, 0) is 10.3 Å². The van der Waals surface area contributed by atoms with Crippen LogP contribution in [-0.4, -0.2) is 30.5 Å². The van der Waals surface area contributed by atoms with Crippen LogP contribution in [0.2, 0.25) is 0 Å². The van der Waals surface area contributed by atoms with E-state index in [1.807, 2.05) is 5.73 Å². The number of methoxy groups -OCH3 is 1. The number of rotatable bonds is 12. The predicted octanol–water partition coefficient (Wildman–Crippen LogP) is 7.77. The van der Waals surface area contributed by atoms with Gasteiger partial charge in [-0.1, -0.05) is 60.7 Å². The van der Waals surface area contributed by atoms with Crippen LogP contribution < -0.4 is 0 Å². The number of hydrogen-bond donors (Lipinski definition) is 1. The highest BCUT2D eigenvalue weighted by atomic mass is 19.3. The molecule has 0 bridgehead atoms. The fourth-order valence-electron chi connectivity index (χ4n) is 5.55. The van der Waals surface area contributed by atoms with Crippen molar-refractivity contribution in [3.63, 3.8) is 0 Å². The first-order valence-electron chi connectivity index (χ1n) is 13.3. The molecule has 5 heteroatoms. The summed E-state index contributed by atoms with van der Waals surface area (Å²) < 4.78 is 33.9. The molecule has 2 aromatic rings. The number of hydrogen-bond acceptors (Lipinski definition) is 3. The fourth-order valence-corrected chi connectivity index (χ4v) is 5.55. The first kappa shape index (κ1) is 29.0. The van der Waals surface area contributed by atoms with E-state index in [2.05, 4.69) is 37.8 Å². The standard InChI is InChI=1S/C32H40F2O3/c1-5-21-32(33,34)31(3,36)29-17-14-28(15-18-29)30(35)19-16-27(20-22-37-4)26-12-10-25(11-13-26)24-8-6-23(2)7-9-24/h6-9,14-15,17-18,21,25-27,36H,1,10-13,16,19-20,22H2,2-4H3/t25?,26?,27?,31-/m0/s1. The molecule has 0 heterocycles. The van der Waals surface area contributed by atoms with E-state index in [0.717, 1.165) is 45.4 Å². The van der Waals surface area contributed by atoms with Gasteiger partial charge in [0.15, 0.2) is 11.4 Å². The van der Waals surface area contributed by atoms with Gasteiger partial charge in [0.25, 0.3) is 0 Å². The summed E-state index contributed by atoms with van der Waals surface area (Å²) >= 11 is 0. The van der Waals surface area contributed by atoms with Gasteiger partial charge in [-0.15, -0.1) is 5.73 Å².